The minimum Gasteiger partial charge on any atom is -0.497 e. The zero-order valence-electron chi connectivity index (χ0n) is 21.6. The van der Waals surface area contributed by atoms with Gasteiger partial charge in [0.25, 0.3) is 0 Å². The first-order chi connectivity index (χ1) is 19.0. The fourth-order valence-electron chi connectivity index (χ4n) is 4.31. The summed E-state index contributed by atoms with van der Waals surface area (Å²) in [5.41, 5.74) is 2.00. The van der Waals surface area contributed by atoms with Crippen molar-refractivity contribution in [1.29, 1.82) is 0 Å². The van der Waals surface area contributed by atoms with E-state index in [1.54, 1.807) is 19.4 Å². The summed E-state index contributed by atoms with van der Waals surface area (Å²) in [6, 6.07) is 16.8. The molecule has 10 nitrogen and oxygen atoms in total. The maximum absolute atomic E-state index is 13.0. The normalized spacial score (nSPS) is 13.5. The van der Waals surface area contributed by atoms with Gasteiger partial charge in [-0.25, -0.2) is 0 Å². The first kappa shape index (κ1) is 26.4. The van der Waals surface area contributed by atoms with Gasteiger partial charge < -0.3 is 15.4 Å². The van der Waals surface area contributed by atoms with E-state index in [2.05, 4.69) is 36.0 Å². The van der Waals surface area contributed by atoms with Crippen molar-refractivity contribution < 1.29 is 14.3 Å². The van der Waals surface area contributed by atoms with Crippen LogP contribution in [0, 0.1) is 0 Å². The lowest BCUT2D eigenvalue weighted by atomic mass is 9.95. The third-order valence-corrected chi connectivity index (χ3v) is 7.52. The zero-order valence-corrected chi connectivity index (χ0v) is 22.4. The van der Waals surface area contributed by atoms with Crippen LogP contribution in [0.4, 0.5) is 10.9 Å². The highest BCUT2D eigenvalue weighted by molar-refractivity contribution is 7.15. The van der Waals surface area contributed by atoms with Gasteiger partial charge in [0.1, 0.15) is 10.8 Å². The van der Waals surface area contributed by atoms with E-state index < -0.39 is 5.41 Å². The first-order valence-electron chi connectivity index (χ1n) is 12.8. The number of aryl methyl sites for hydroxylation is 2. The number of ether oxygens (including phenoxy) is 1. The molecule has 3 aromatic heterocycles. The number of hydrogen-bond donors (Lipinski definition) is 2. The summed E-state index contributed by atoms with van der Waals surface area (Å²) < 4.78 is 5.31. The number of methoxy groups -OCH3 is 1. The van der Waals surface area contributed by atoms with Gasteiger partial charge in [-0.1, -0.05) is 29.5 Å². The maximum Gasteiger partial charge on any atom is 0.236 e. The molecule has 0 radical (unpaired) electrons. The standard InChI is InChI=1S/C28H29N7O3S/c1-38-22-10-6-7-19(17-22)28(14-15-28)26(37)30-23-13-12-20(32-33-23)8-2-3-11-25-34-35-27(39-25)31-24(36)18-21-9-4-5-16-29-21/h4-7,9-10,12-13,16-17H,2-3,8,11,14-15,18H2,1H3,(H,30,33,37)(H,31,35,36). The molecule has 0 spiro atoms. The van der Waals surface area contributed by atoms with Crippen LogP contribution in [0.2, 0.25) is 0 Å². The Morgan fingerprint density at radius 3 is 2.54 bits per heavy atom. The molecule has 2 N–H and O–H groups in total. The SMILES string of the molecule is COc1cccc(C2(C(=O)Nc3ccc(CCCCc4nnc(NC(=O)Cc5ccccn5)s4)nn3)CC2)c1. The second-order valence-corrected chi connectivity index (χ2v) is 10.5. The topological polar surface area (TPSA) is 132 Å². The summed E-state index contributed by atoms with van der Waals surface area (Å²) in [7, 11) is 1.62. The van der Waals surface area contributed by atoms with Crippen molar-refractivity contribution in [3.63, 3.8) is 0 Å². The molecule has 4 aromatic rings. The number of amides is 2. The maximum atomic E-state index is 13.0. The number of nitrogens with zero attached hydrogens (tertiary/aromatic N) is 5. The molecule has 0 atom stereocenters. The summed E-state index contributed by atoms with van der Waals surface area (Å²) in [5.74, 6) is 0.958. The van der Waals surface area contributed by atoms with Gasteiger partial charge in [0.2, 0.25) is 16.9 Å². The van der Waals surface area contributed by atoms with E-state index in [0.717, 1.165) is 60.5 Å². The van der Waals surface area contributed by atoms with Crippen LogP contribution >= 0.6 is 11.3 Å². The van der Waals surface area contributed by atoms with Crippen molar-refractivity contribution in [3.8, 4) is 5.75 Å². The Hall–Kier alpha value is -4.25. The predicted octanol–water partition coefficient (Wildman–Crippen LogP) is 4.15. The molecule has 1 fully saturated rings. The van der Waals surface area contributed by atoms with Crippen molar-refractivity contribution in [2.45, 2.75) is 50.4 Å². The summed E-state index contributed by atoms with van der Waals surface area (Å²) >= 11 is 1.38. The highest BCUT2D eigenvalue weighted by Gasteiger charge is 2.51. The number of nitrogens with one attached hydrogen (secondary N) is 2. The molecule has 0 aliphatic heterocycles. The second-order valence-electron chi connectivity index (χ2n) is 9.43. The zero-order chi connectivity index (χ0) is 27.1. The third-order valence-electron chi connectivity index (χ3n) is 6.62. The molecule has 3 heterocycles. The van der Waals surface area contributed by atoms with E-state index >= 15 is 0 Å². The van der Waals surface area contributed by atoms with Crippen molar-refractivity contribution in [3.05, 3.63) is 82.8 Å². The molecule has 1 aliphatic carbocycles. The minimum absolute atomic E-state index is 0.0675. The molecule has 5 rings (SSSR count). The average Bonchev–Trinajstić information content (AvgIpc) is 3.67. The van der Waals surface area contributed by atoms with Gasteiger partial charge in [-0.15, -0.1) is 15.3 Å². The van der Waals surface area contributed by atoms with Crippen molar-refractivity contribution in [2.75, 3.05) is 17.7 Å². The van der Waals surface area contributed by atoms with Gasteiger partial charge >= 0.3 is 0 Å². The minimum atomic E-state index is -0.526. The number of hydrogen-bond acceptors (Lipinski definition) is 9. The predicted molar refractivity (Wildman–Crippen MR) is 148 cm³/mol. The Labute approximate surface area is 230 Å². The quantitative estimate of drug-likeness (QED) is 0.255. The van der Waals surface area contributed by atoms with Gasteiger partial charge in [-0.3, -0.25) is 14.6 Å². The molecule has 0 bridgehead atoms. The molecule has 1 aromatic carbocycles. The molecule has 0 saturated heterocycles. The van der Waals surface area contributed by atoms with Crippen LogP contribution < -0.4 is 15.4 Å². The van der Waals surface area contributed by atoms with Crippen LogP contribution in [-0.4, -0.2) is 44.3 Å². The summed E-state index contributed by atoms with van der Waals surface area (Å²) in [6.07, 6.45) is 6.79. The molecule has 0 unspecified atom stereocenters. The van der Waals surface area contributed by atoms with Gasteiger partial charge in [-0.05, 0) is 74.1 Å². The number of carbonyl (C=O) groups is 2. The summed E-state index contributed by atoms with van der Waals surface area (Å²) in [4.78, 5) is 29.4. The lowest BCUT2D eigenvalue weighted by Gasteiger charge is -2.16. The largest absolute Gasteiger partial charge is 0.497 e. The van der Waals surface area contributed by atoms with E-state index in [1.807, 2.05) is 48.5 Å². The van der Waals surface area contributed by atoms with Crippen LogP contribution in [0.15, 0.2) is 60.8 Å². The average molecular weight is 544 g/mol. The van der Waals surface area contributed by atoms with E-state index in [4.69, 9.17) is 4.74 Å². The third kappa shape index (κ3) is 6.80. The van der Waals surface area contributed by atoms with Crippen LogP contribution in [-0.2, 0) is 34.3 Å². The number of unbranched alkanes of at least 4 members (excludes halogenated alkanes) is 1. The number of anilines is 2. The number of aromatic nitrogens is 5. The summed E-state index contributed by atoms with van der Waals surface area (Å²) in [5, 5.41) is 23.8. The van der Waals surface area contributed by atoms with Crippen molar-refractivity contribution in [2.24, 2.45) is 0 Å². The molecule has 39 heavy (non-hydrogen) atoms. The van der Waals surface area contributed by atoms with E-state index in [9.17, 15) is 9.59 Å². The van der Waals surface area contributed by atoms with Crippen LogP contribution in [0.25, 0.3) is 0 Å². The van der Waals surface area contributed by atoms with Crippen LogP contribution in [0.1, 0.15) is 47.6 Å². The molecular formula is C28H29N7O3S. The van der Waals surface area contributed by atoms with Crippen molar-refractivity contribution >= 4 is 34.1 Å². The second kappa shape index (κ2) is 12.1. The molecule has 1 aliphatic rings. The summed E-state index contributed by atoms with van der Waals surface area (Å²) in [6.45, 7) is 0. The lowest BCUT2D eigenvalue weighted by Crippen LogP contribution is -2.28. The Morgan fingerprint density at radius 1 is 0.923 bits per heavy atom. The van der Waals surface area contributed by atoms with Crippen molar-refractivity contribution in [1.82, 2.24) is 25.4 Å². The number of carbonyl (C=O) groups excluding carboxylic acids is 2. The Bertz CT molecular complexity index is 1420. The Kier molecular flexibility index (Phi) is 8.16. The van der Waals surface area contributed by atoms with Gasteiger partial charge in [0.05, 0.1) is 24.6 Å². The number of benzene rings is 1. The molecule has 11 heteroatoms. The highest BCUT2D eigenvalue weighted by atomic mass is 32.1. The van der Waals surface area contributed by atoms with E-state index in [0.29, 0.717) is 16.6 Å². The number of pyridine rings is 1. The monoisotopic (exact) mass is 543 g/mol. The highest BCUT2D eigenvalue weighted by Crippen LogP contribution is 2.49. The fourth-order valence-corrected chi connectivity index (χ4v) is 5.10. The van der Waals surface area contributed by atoms with Crippen LogP contribution in [0.3, 0.4) is 0 Å². The van der Waals surface area contributed by atoms with Gasteiger partial charge in [-0.2, -0.15) is 5.10 Å². The van der Waals surface area contributed by atoms with E-state index in [-0.39, 0.29) is 18.2 Å². The first-order valence-corrected chi connectivity index (χ1v) is 13.7. The smallest absolute Gasteiger partial charge is 0.236 e. The number of rotatable bonds is 12. The van der Waals surface area contributed by atoms with Gasteiger partial charge in [0, 0.05) is 18.3 Å². The molecule has 1 saturated carbocycles. The van der Waals surface area contributed by atoms with E-state index in [1.165, 1.54) is 11.3 Å². The fraction of sp³-hybridized carbons (Fsp3) is 0.321. The molecular weight excluding hydrogens is 514 g/mol. The molecule has 2 amide bonds. The van der Waals surface area contributed by atoms with Gasteiger partial charge in [0.15, 0.2) is 5.82 Å². The van der Waals surface area contributed by atoms with Crippen LogP contribution in [0.5, 0.6) is 5.75 Å². The molecule has 200 valence electrons. The Morgan fingerprint density at radius 2 is 1.79 bits per heavy atom. The Balaban J connectivity index is 1.04. The lowest BCUT2D eigenvalue weighted by molar-refractivity contribution is -0.118.